The second-order valence-corrected chi connectivity index (χ2v) is 9.06. The molecule has 0 spiro atoms. The summed E-state index contributed by atoms with van der Waals surface area (Å²) in [5.41, 5.74) is 0. The third kappa shape index (κ3) is 12.7. The first kappa shape index (κ1) is 25.4. The Morgan fingerprint density at radius 3 is 1.07 bits per heavy atom. The lowest BCUT2D eigenvalue weighted by molar-refractivity contribution is 0.165. The molecule has 1 rings (SSSR count). The van der Waals surface area contributed by atoms with Crippen molar-refractivity contribution in [3.8, 4) is 0 Å². The van der Waals surface area contributed by atoms with Crippen molar-refractivity contribution in [2.45, 2.75) is 143 Å². The second-order valence-electron chi connectivity index (χ2n) is 9.06. The van der Waals surface area contributed by atoms with Gasteiger partial charge in [0.25, 0.3) is 0 Å². The quantitative estimate of drug-likeness (QED) is 0.192. The summed E-state index contributed by atoms with van der Waals surface area (Å²) in [6.07, 6.45) is 30.8. The molecule has 0 atom stereocenters. The summed E-state index contributed by atoms with van der Waals surface area (Å²) in [6, 6.07) is 0. The third-order valence-electron chi connectivity index (χ3n) is 6.45. The van der Waals surface area contributed by atoms with Crippen LogP contribution in [0.3, 0.4) is 0 Å². The predicted molar refractivity (Wildman–Crippen MR) is 126 cm³/mol. The molecule has 0 aliphatic carbocycles. The number of hydrogen-bond acceptors (Lipinski definition) is 2. The van der Waals surface area contributed by atoms with Gasteiger partial charge in [-0.2, -0.15) is 0 Å². The van der Waals surface area contributed by atoms with Gasteiger partial charge in [0.2, 0.25) is 0 Å². The van der Waals surface area contributed by atoms with Crippen LogP contribution in [0.4, 0.5) is 0 Å². The average molecular weight is 393 g/mol. The highest BCUT2D eigenvalue weighted by molar-refractivity contribution is 4.95. The van der Waals surface area contributed by atoms with Gasteiger partial charge in [-0.1, -0.05) is 117 Å². The molecule has 166 valence electrons. The topological polar surface area (TPSA) is 6.48 Å². The van der Waals surface area contributed by atoms with Gasteiger partial charge in [0.1, 0.15) is 0 Å². The summed E-state index contributed by atoms with van der Waals surface area (Å²) >= 11 is 0. The van der Waals surface area contributed by atoms with Gasteiger partial charge in [-0.25, -0.2) is 0 Å². The van der Waals surface area contributed by atoms with Crippen molar-refractivity contribution in [1.29, 1.82) is 0 Å². The van der Waals surface area contributed by atoms with Crippen molar-refractivity contribution in [1.82, 2.24) is 9.80 Å². The van der Waals surface area contributed by atoms with Gasteiger partial charge in [0.05, 0.1) is 6.17 Å². The molecule has 2 nitrogen and oxygen atoms in total. The Labute approximate surface area is 178 Å². The molecule has 1 aliphatic heterocycles. The molecule has 0 aromatic carbocycles. The maximum Gasteiger partial charge on any atom is 0.0977 e. The SMILES string of the molecule is CCCCCCCCCCCN1C=CN(CCCCCCCCCCC)C1C. The molecule has 2 heteroatoms. The molecule has 0 fully saturated rings. The molecular formula is C26H52N2. The van der Waals surface area contributed by atoms with Gasteiger partial charge in [-0.15, -0.1) is 0 Å². The maximum atomic E-state index is 2.55. The summed E-state index contributed by atoms with van der Waals surface area (Å²) in [5.74, 6) is 0. The van der Waals surface area contributed by atoms with E-state index in [2.05, 4.69) is 43.0 Å². The van der Waals surface area contributed by atoms with E-state index in [0.29, 0.717) is 6.17 Å². The summed E-state index contributed by atoms with van der Waals surface area (Å²) < 4.78 is 0. The Hall–Kier alpha value is -0.660. The predicted octanol–water partition coefficient (Wildman–Crippen LogP) is 8.48. The number of nitrogens with zero attached hydrogens (tertiary/aromatic N) is 2. The van der Waals surface area contributed by atoms with E-state index in [1.54, 1.807) is 0 Å². The van der Waals surface area contributed by atoms with E-state index in [-0.39, 0.29) is 0 Å². The Balaban J connectivity index is 1.92. The fourth-order valence-corrected chi connectivity index (χ4v) is 4.34. The Morgan fingerprint density at radius 2 is 0.750 bits per heavy atom. The minimum absolute atomic E-state index is 0.572. The van der Waals surface area contributed by atoms with E-state index >= 15 is 0 Å². The van der Waals surface area contributed by atoms with Crippen LogP contribution in [-0.2, 0) is 0 Å². The minimum atomic E-state index is 0.572. The molecule has 0 saturated heterocycles. The lowest BCUT2D eigenvalue weighted by Gasteiger charge is -2.30. The molecule has 0 N–H and O–H groups in total. The lowest BCUT2D eigenvalue weighted by Crippen LogP contribution is -2.36. The van der Waals surface area contributed by atoms with Crippen molar-refractivity contribution in [2.75, 3.05) is 13.1 Å². The van der Waals surface area contributed by atoms with Crippen LogP contribution in [0.5, 0.6) is 0 Å². The summed E-state index contributed by atoms with van der Waals surface area (Å²) in [7, 11) is 0. The first-order valence-corrected chi connectivity index (χ1v) is 13.0. The molecule has 0 saturated carbocycles. The van der Waals surface area contributed by atoms with Gasteiger partial charge >= 0.3 is 0 Å². The molecule has 0 unspecified atom stereocenters. The highest BCUT2D eigenvalue weighted by atomic mass is 15.4. The van der Waals surface area contributed by atoms with Crippen molar-refractivity contribution >= 4 is 0 Å². The van der Waals surface area contributed by atoms with E-state index in [0.717, 1.165) is 0 Å². The second kappa shape index (κ2) is 18.4. The van der Waals surface area contributed by atoms with Crippen LogP contribution >= 0.6 is 0 Å². The summed E-state index contributed by atoms with van der Waals surface area (Å²) in [4.78, 5) is 5.10. The van der Waals surface area contributed by atoms with Crippen LogP contribution in [0.1, 0.15) is 136 Å². The van der Waals surface area contributed by atoms with Gasteiger partial charge < -0.3 is 9.80 Å². The van der Waals surface area contributed by atoms with Crippen LogP contribution in [0.15, 0.2) is 12.4 Å². The van der Waals surface area contributed by atoms with Crippen LogP contribution in [0.2, 0.25) is 0 Å². The number of rotatable bonds is 20. The molecule has 1 heterocycles. The fourth-order valence-electron chi connectivity index (χ4n) is 4.34. The normalized spacial score (nSPS) is 14.5. The standard InChI is InChI=1S/C26H52N2/c1-4-6-8-10-12-14-16-18-20-22-27-24-25-28(26(27)3)23-21-19-17-15-13-11-9-7-5-2/h24-26H,4-23H2,1-3H3. The van der Waals surface area contributed by atoms with Crippen LogP contribution in [0, 0.1) is 0 Å². The fraction of sp³-hybridized carbons (Fsp3) is 0.923. The van der Waals surface area contributed by atoms with Gasteiger partial charge in [-0.05, 0) is 19.8 Å². The molecule has 0 bridgehead atoms. The maximum absolute atomic E-state index is 2.55. The van der Waals surface area contributed by atoms with Gasteiger partial charge in [-0.3, -0.25) is 0 Å². The van der Waals surface area contributed by atoms with Crippen molar-refractivity contribution in [3.63, 3.8) is 0 Å². The third-order valence-corrected chi connectivity index (χ3v) is 6.45. The lowest BCUT2D eigenvalue weighted by atomic mass is 10.1. The Kier molecular flexibility index (Phi) is 16.7. The van der Waals surface area contributed by atoms with Gasteiger partial charge in [0.15, 0.2) is 0 Å². The molecule has 0 aromatic rings. The Morgan fingerprint density at radius 1 is 0.464 bits per heavy atom. The highest BCUT2D eigenvalue weighted by Gasteiger charge is 2.20. The zero-order chi connectivity index (χ0) is 20.3. The van der Waals surface area contributed by atoms with Crippen molar-refractivity contribution in [3.05, 3.63) is 12.4 Å². The minimum Gasteiger partial charge on any atom is -0.356 e. The first-order chi connectivity index (χ1) is 13.8. The zero-order valence-corrected chi connectivity index (χ0v) is 19.8. The van der Waals surface area contributed by atoms with E-state index in [1.165, 1.54) is 129 Å². The summed E-state index contributed by atoms with van der Waals surface area (Å²) in [6.45, 7) is 9.45. The highest BCUT2D eigenvalue weighted by Crippen LogP contribution is 2.18. The first-order valence-electron chi connectivity index (χ1n) is 13.0. The van der Waals surface area contributed by atoms with E-state index in [4.69, 9.17) is 0 Å². The number of hydrogen-bond donors (Lipinski definition) is 0. The van der Waals surface area contributed by atoms with E-state index < -0.39 is 0 Å². The van der Waals surface area contributed by atoms with Crippen molar-refractivity contribution in [2.24, 2.45) is 0 Å². The van der Waals surface area contributed by atoms with Crippen LogP contribution in [0.25, 0.3) is 0 Å². The smallest absolute Gasteiger partial charge is 0.0977 e. The zero-order valence-electron chi connectivity index (χ0n) is 19.8. The molecule has 0 amide bonds. The van der Waals surface area contributed by atoms with Crippen LogP contribution in [-0.4, -0.2) is 29.1 Å². The van der Waals surface area contributed by atoms with E-state index in [9.17, 15) is 0 Å². The summed E-state index contributed by atoms with van der Waals surface area (Å²) in [5, 5.41) is 0. The number of unbranched alkanes of at least 4 members (excludes halogenated alkanes) is 16. The monoisotopic (exact) mass is 392 g/mol. The Bertz CT molecular complexity index is 320. The molecule has 28 heavy (non-hydrogen) atoms. The van der Waals surface area contributed by atoms with Gasteiger partial charge in [0, 0.05) is 25.5 Å². The average Bonchev–Trinajstić information content (AvgIpc) is 3.05. The molecular weight excluding hydrogens is 340 g/mol. The largest absolute Gasteiger partial charge is 0.356 e. The molecule has 0 aromatic heterocycles. The van der Waals surface area contributed by atoms with Crippen LogP contribution < -0.4 is 0 Å². The van der Waals surface area contributed by atoms with E-state index in [1.807, 2.05) is 0 Å². The molecule has 1 aliphatic rings. The molecule has 0 radical (unpaired) electrons. The van der Waals surface area contributed by atoms with Crippen molar-refractivity contribution < 1.29 is 0 Å².